The molecule has 1 aromatic heterocycles. The lowest BCUT2D eigenvalue weighted by molar-refractivity contribution is -0.123. The van der Waals surface area contributed by atoms with E-state index in [1.807, 2.05) is 30.3 Å². The Morgan fingerprint density at radius 1 is 1.03 bits per heavy atom. The second-order valence-electron chi connectivity index (χ2n) is 8.83. The molecule has 7 nitrogen and oxygen atoms in total. The van der Waals surface area contributed by atoms with E-state index >= 15 is 0 Å². The van der Waals surface area contributed by atoms with Crippen molar-refractivity contribution in [2.45, 2.75) is 32.7 Å². The predicted octanol–water partition coefficient (Wildman–Crippen LogP) is 5.96. The summed E-state index contributed by atoms with van der Waals surface area (Å²) in [5.74, 6) is 0.239. The van der Waals surface area contributed by atoms with Gasteiger partial charge in [0.15, 0.2) is 0 Å². The van der Waals surface area contributed by atoms with Crippen molar-refractivity contribution in [2.75, 3.05) is 23.8 Å². The molecule has 2 N–H and O–H groups in total. The number of nitrogens with two attached hydrogens (primary N) is 1. The van der Waals surface area contributed by atoms with E-state index in [-0.39, 0.29) is 5.91 Å². The molecule has 1 aliphatic rings. The average molecular weight is 513 g/mol. The van der Waals surface area contributed by atoms with E-state index in [4.69, 9.17) is 33.7 Å². The summed E-state index contributed by atoms with van der Waals surface area (Å²) in [4.78, 5) is 33.2. The summed E-state index contributed by atoms with van der Waals surface area (Å²) in [7, 11) is 0. The van der Waals surface area contributed by atoms with Crippen molar-refractivity contribution >= 4 is 46.5 Å². The first-order chi connectivity index (χ1) is 16.6. The highest BCUT2D eigenvalue weighted by Gasteiger charge is 2.51. The molecule has 2 aromatic carbocycles. The third-order valence-electron chi connectivity index (χ3n) is 6.18. The summed E-state index contributed by atoms with van der Waals surface area (Å²) in [6.07, 6.45) is 3.97. The molecule has 0 bridgehead atoms. The van der Waals surface area contributed by atoms with Gasteiger partial charge in [-0.2, -0.15) is 0 Å². The first-order valence-electron chi connectivity index (χ1n) is 11.2. The fourth-order valence-corrected chi connectivity index (χ4v) is 4.50. The number of nitrogen functional groups attached to an aromatic ring is 1. The van der Waals surface area contributed by atoms with E-state index in [1.165, 1.54) is 4.90 Å². The van der Waals surface area contributed by atoms with Crippen LogP contribution in [0.3, 0.4) is 0 Å². The predicted molar refractivity (Wildman–Crippen MR) is 139 cm³/mol. The normalized spacial score (nSPS) is 15.1. The van der Waals surface area contributed by atoms with Crippen LogP contribution in [0.5, 0.6) is 5.75 Å². The van der Waals surface area contributed by atoms with Gasteiger partial charge >= 0.3 is 6.03 Å². The smallest absolute Gasteiger partial charge is 0.332 e. The van der Waals surface area contributed by atoms with Gasteiger partial charge in [0.1, 0.15) is 11.3 Å². The van der Waals surface area contributed by atoms with Crippen LogP contribution in [-0.2, 0) is 4.79 Å². The van der Waals surface area contributed by atoms with Crippen LogP contribution in [0, 0.1) is 6.92 Å². The fraction of sp³-hybridized carbons (Fsp3) is 0.269. The van der Waals surface area contributed by atoms with Crippen molar-refractivity contribution in [1.29, 1.82) is 0 Å². The molecule has 0 radical (unpaired) electrons. The van der Waals surface area contributed by atoms with E-state index in [2.05, 4.69) is 4.98 Å². The minimum absolute atomic E-state index is 0.317. The quantitative estimate of drug-likeness (QED) is 0.239. The number of ether oxygens (including phenoxy) is 1. The van der Waals surface area contributed by atoms with E-state index in [0.717, 1.165) is 11.1 Å². The summed E-state index contributed by atoms with van der Waals surface area (Å²) in [6.45, 7) is 5.87. The minimum atomic E-state index is -1.01. The van der Waals surface area contributed by atoms with Gasteiger partial charge in [0.25, 0.3) is 5.91 Å². The lowest BCUT2D eigenvalue weighted by atomic mass is 10.0. The van der Waals surface area contributed by atoms with Crippen LogP contribution in [0.15, 0.2) is 54.9 Å². The van der Waals surface area contributed by atoms with Crippen LogP contribution < -0.4 is 15.4 Å². The SMILES string of the molecule is Cc1c(N2C(=O)N(CCCOc3ccc(-c4ccncc4)cc3Cl)C(C)(C)C2=O)ccc(N)c1Cl. The third-order valence-corrected chi connectivity index (χ3v) is 6.98. The lowest BCUT2D eigenvalue weighted by Crippen LogP contribution is -2.44. The minimum Gasteiger partial charge on any atom is -0.492 e. The fourth-order valence-electron chi connectivity index (χ4n) is 4.11. The van der Waals surface area contributed by atoms with Crippen molar-refractivity contribution in [3.05, 3.63) is 70.5 Å². The number of halogens is 2. The van der Waals surface area contributed by atoms with Gasteiger partial charge in [-0.25, -0.2) is 9.69 Å². The molecule has 2 heterocycles. The van der Waals surface area contributed by atoms with Crippen LogP contribution in [0.2, 0.25) is 10.0 Å². The Hall–Kier alpha value is -3.29. The first kappa shape index (κ1) is 24.8. The number of imide groups is 1. The summed E-state index contributed by atoms with van der Waals surface area (Å²) in [5, 5.41) is 0.827. The summed E-state index contributed by atoms with van der Waals surface area (Å²) >= 11 is 12.7. The monoisotopic (exact) mass is 512 g/mol. The summed E-state index contributed by atoms with van der Waals surface area (Å²) in [6, 6.07) is 12.3. The lowest BCUT2D eigenvalue weighted by Gasteiger charge is -2.27. The Bertz CT molecular complexity index is 1280. The van der Waals surface area contributed by atoms with Crippen LogP contribution in [0.4, 0.5) is 16.2 Å². The molecule has 3 amide bonds. The second-order valence-corrected chi connectivity index (χ2v) is 9.61. The number of carbonyl (C=O) groups is 2. The van der Waals surface area contributed by atoms with Crippen molar-refractivity contribution in [3.8, 4) is 16.9 Å². The van der Waals surface area contributed by atoms with Crippen LogP contribution in [0.25, 0.3) is 11.1 Å². The number of aromatic nitrogens is 1. The van der Waals surface area contributed by atoms with Gasteiger partial charge in [-0.3, -0.25) is 9.78 Å². The van der Waals surface area contributed by atoms with E-state index < -0.39 is 11.6 Å². The Labute approximate surface area is 214 Å². The number of urea groups is 1. The van der Waals surface area contributed by atoms with Gasteiger partial charge in [-0.1, -0.05) is 29.3 Å². The highest BCUT2D eigenvalue weighted by Crippen LogP contribution is 2.38. The van der Waals surface area contributed by atoms with Crippen molar-refractivity contribution < 1.29 is 14.3 Å². The van der Waals surface area contributed by atoms with Crippen molar-refractivity contribution in [2.24, 2.45) is 0 Å². The van der Waals surface area contributed by atoms with Crippen molar-refractivity contribution in [1.82, 2.24) is 9.88 Å². The van der Waals surface area contributed by atoms with Gasteiger partial charge in [0.2, 0.25) is 0 Å². The highest BCUT2D eigenvalue weighted by molar-refractivity contribution is 6.35. The average Bonchev–Trinajstić information content (AvgIpc) is 3.01. The zero-order valence-electron chi connectivity index (χ0n) is 19.7. The molecule has 0 aliphatic carbocycles. The largest absolute Gasteiger partial charge is 0.492 e. The van der Waals surface area contributed by atoms with Gasteiger partial charge in [0, 0.05) is 18.9 Å². The van der Waals surface area contributed by atoms with Crippen LogP contribution >= 0.6 is 23.2 Å². The second kappa shape index (κ2) is 9.76. The highest BCUT2D eigenvalue weighted by atomic mass is 35.5. The molecule has 1 saturated heterocycles. The Morgan fingerprint density at radius 2 is 1.74 bits per heavy atom. The van der Waals surface area contributed by atoms with Gasteiger partial charge < -0.3 is 15.4 Å². The maximum absolute atomic E-state index is 13.3. The zero-order valence-corrected chi connectivity index (χ0v) is 21.2. The van der Waals surface area contributed by atoms with E-state index in [1.54, 1.807) is 50.2 Å². The summed E-state index contributed by atoms with van der Waals surface area (Å²) in [5.41, 5.74) is 8.24. The molecule has 4 rings (SSSR count). The molecular weight excluding hydrogens is 487 g/mol. The number of nitrogens with zero attached hydrogens (tertiary/aromatic N) is 3. The number of hydrogen-bond donors (Lipinski definition) is 1. The van der Waals surface area contributed by atoms with Gasteiger partial charge in [-0.15, -0.1) is 0 Å². The molecule has 3 aromatic rings. The third kappa shape index (κ3) is 4.66. The molecule has 35 heavy (non-hydrogen) atoms. The molecule has 0 saturated carbocycles. The maximum Gasteiger partial charge on any atom is 0.332 e. The topological polar surface area (TPSA) is 88.8 Å². The molecular formula is C26H26Cl2N4O3. The van der Waals surface area contributed by atoms with Crippen molar-refractivity contribution in [3.63, 3.8) is 0 Å². The number of pyridine rings is 1. The summed E-state index contributed by atoms with van der Waals surface area (Å²) < 4.78 is 5.87. The molecule has 9 heteroatoms. The molecule has 1 fully saturated rings. The molecule has 0 spiro atoms. The Kier molecular flexibility index (Phi) is 6.92. The number of rotatable bonds is 7. The number of carbonyl (C=O) groups excluding carboxylic acids is 2. The van der Waals surface area contributed by atoms with E-state index in [9.17, 15) is 9.59 Å². The Balaban J connectivity index is 1.41. The number of hydrogen-bond acceptors (Lipinski definition) is 5. The molecule has 1 aliphatic heterocycles. The van der Waals surface area contributed by atoms with Gasteiger partial charge in [-0.05, 0) is 80.3 Å². The zero-order chi connectivity index (χ0) is 25.3. The number of anilines is 2. The van der Waals surface area contributed by atoms with Crippen LogP contribution in [-0.4, -0.2) is 40.5 Å². The molecule has 0 atom stereocenters. The van der Waals surface area contributed by atoms with Crippen LogP contribution in [0.1, 0.15) is 25.8 Å². The first-order valence-corrected chi connectivity index (χ1v) is 11.9. The van der Waals surface area contributed by atoms with E-state index in [0.29, 0.717) is 52.3 Å². The number of amides is 3. The Morgan fingerprint density at radius 3 is 2.43 bits per heavy atom. The standard InChI is InChI=1S/C26H26Cl2N4O3/c1-16-21(7-6-20(29)23(16)28)32-24(33)26(2,3)31(25(32)34)13-4-14-35-22-8-5-18(15-19(22)27)17-9-11-30-12-10-17/h5-12,15H,4,13-14,29H2,1-3H3. The maximum atomic E-state index is 13.3. The molecule has 182 valence electrons. The number of benzene rings is 2. The van der Waals surface area contributed by atoms with Gasteiger partial charge in [0.05, 0.1) is 28.0 Å². The molecule has 0 unspecified atom stereocenters.